The molecule has 0 atom stereocenters. The fraction of sp³-hybridized carbons (Fsp3) is 0.500. The summed E-state index contributed by atoms with van der Waals surface area (Å²) in [5.41, 5.74) is 2.15. The summed E-state index contributed by atoms with van der Waals surface area (Å²) in [6.07, 6.45) is 7.61. The van der Waals surface area contributed by atoms with Crippen LogP contribution in [0.4, 0.5) is 0 Å². The van der Waals surface area contributed by atoms with Crippen molar-refractivity contribution >= 4 is 5.91 Å². The second kappa shape index (κ2) is 7.09. The van der Waals surface area contributed by atoms with Gasteiger partial charge in [-0.3, -0.25) is 9.59 Å². The Kier molecular flexibility index (Phi) is 4.50. The average Bonchev–Trinajstić information content (AvgIpc) is 3.50. The predicted molar refractivity (Wildman–Crippen MR) is 112 cm³/mol. The summed E-state index contributed by atoms with van der Waals surface area (Å²) in [6.45, 7) is 1.11. The Labute approximate surface area is 176 Å². The fourth-order valence-corrected chi connectivity index (χ4v) is 5.28. The molecule has 154 valence electrons. The zero-order valence-electron chi connectivity index (χ0n) is 17.4. The highest BCUT2D eigenvalue weighted by Gasteiger charge is 2.39. The molecular weight excluding hydrogens is 376 g/mol. The Morgan fingerprint density at radius 3 is 2.47 bits per heavy atom. The summed E-state index contributed by atoms with van der Waals surface area (Å²) >= 11 is 0. The van der Waals surface area contributed by atoms with Crippen LogP contribution in [-0.4, -0.2) is 34.0 Å². The molecule has 30 heavy (non-hydrogen) atoms. The highest BCUT2D eigenvalue weighted by atomic mass is 16.2. The number of carbonyl (C=O) groups excluding carboxylic acids is 1. The van der Waals surface area contributed by atoms with Crippen molar-refractivity contribution in [1.82, 2.24) is 14.5 Å². The summed E-state index contributed by atoms with van der Waals surface area (Å²) in [7, 11) is 1.71. The van der Waals surface area contributed by atoms with E-state index in [1.807, 2.05) is 10.6 Å². The van der Waals surface area contributed by atoms with Crippen LogP contribution < -0.4 is 5.56 Å². The molecule has 0 spiro atoms. The van der Waals surface area contributed by atoms with Crippen LogP contribution in [0.1, 0.15) is 77.4 Å². The number of amides is 1. The minimum absolute atomic E-state index is 0.0666. The van der Waals surface area contributed by atoms with E-state index in [1.54, 1.807) is 11.9 Å². The molecule has 0 unspecified atom stereocenters. The normalized spacial score (nSPS) is 20.1. The van der Waals surface area contributed by atoms with Crippen LogP contribution in [0.3, 0.4) is 0 Å². The molecule has 6 nitrogen and oxygen atoms in total. The number of fused-ring (bicyclic) bond motifs is 1. The largest absolute Gasteiger partial charge is 0.339 e. The predicted octanol–water partition coefficient (Wildman–Crippen LogP) is 3.13. The van der Waals surface area contributed by atoms with Gasteiger partial charge in [0.2, 0.25) is 0 Å². The molecule has 0 saturated heterocycles. The first-order valence-electron chi connectivity index (χ1n) is 10.9. The number of nitrogens with zero attached hydrogens (tertiary/aromatic N) is 4. The van der Waals surface area contributed by atoms with E-state index in [2.05, 4.69) is 29.2 Å². The Morgan fingerprint density at radius 1 is 1.13 bits per heavy atom. The molecular formula is C24H26N4O2. The summed E-state index contributed by atoms with van der Waals surface area (Å²) in [6, 6.07) is 11.0. The zero-order chi connectivity index (χ0) is 20.9. The van der Waals surface area contributed by atoms with Crippen molar-refractivity contribution in [3.05, 3.63) is 62.8 Å². The van der Waals surface area contributed by atoms with Gasteiger partial charge in [-0.1, -0.05) is 37.1 Å². The van der Waals surface area contributed by atoms with Gasteiger partial charge in [-0.05, 0) is 42.7 Å². The molecule has 6 heteroatoms. The summed E-state index contributed by atoms with van der Waals surface area (Å²) in [5.74, 6) is 1.10. The standard InChI is InChI=1S/C24H26N4O2/c1-27-12-13-28-20(26-22(29)19(15-25)21(28)23(27)30)14-24(10-2-3-11-24)18-8-6-17(7-9-18)16-4-5-16/h6-9,16H,2-5,10-14H2,1H3. The molecule has 1 aliphatic heterocycles. The van der Waals surface area contributed by atoms with Crippen LogP contribution >= 0.6 is 0 Å². The van der Waals surface area contributed by atoms with Gasteiger partial charge in [0.25, 0.3) is 11.5 Å². The second-order valence-corrected chi connectivity index (χ2v) is 9.11. The van der Waals surface area contributed by atoms with Crippen LogP contribution in [0, 0.1) is 11.3 Å². The van der Waals surface area contributed by atoms with E-state index in [9.17, 15) is 14.9 Å². The van der Waals surface area contributed by atoms with Gasteiger partial charge >= 0.3 is 0 Å². The molecule has 1 amide bonds. The van der Waals surface area contributed by atoms with Crippen molar-refractivity contribution in [1.29, 1.82) is 5.26 Å². The number of hydrogen-bond donors (Lipinski definition) is 0. The Balaban J connectivity index is 1.58. The van der Waals surface area contributed by atoms with E-state index in [1.165, 1.54) is 24.0 Å². The van der Waals surface area contributed by atoms with Gasteiger partial charge in [-0.15, -0.1) is 0 Å². The lowest BCUT2D eigenvalue weighted by atomic mass is 9.75. The molecule has 5 rings (SSSR count). The van der Waals surface area contributed by atoms with E-state index in [0.29, 0.717) is 25.3 Å². The number of benzene rings is 1. The summed E-state index contributed by atoms with van der Waals surface area (Å²) in [4.78, 5) is 31.3. The number of likely N-dealkylation sites (N-methyl/N-ethyl adjacent to an activating group) is 1. The molecule has 2 fully saturated rings. The lowest BCUT2D eigenvalue weighted by molar-refractivity contribution is 0.0742. The van der Waals surface area contributed by atoms with Crippen LogP contribution in [0.2, 0.25) is 0 Å². The van der Waals surface area contributed by atoms with Gasteiger partial charge in [0, 0.05) is 32.0 Å². The second-order valence-electron chi connectivity index (χ2n) is 9.11. The topological polar surface area (TPSA) is 79.0 Å². The first-order valence-corrected chi connectivity index (χ1v) is 10.9. The van der Waals surface area contributed by atoms with Crippen LogP contribution in [0.15, 0.2) is 29.1 Å². The third kappa shape index (κ3) is 3.04. The molecule has 1 aromatic heterocycles. The molecule has 0 bridgehead atoms. The van der Waals surface area contributed by atoms with E-state index < -0.39 is 5.56 Å². The Hall–Kier alpha value is -2.94. The van der Waals surface area contributed by atoms with Gasteiger partial charge in [-0.25, -0.2) is 0 Å². The third-order valence-corrected chi connectivity index (χ3v) is 7.21. The Bertz CT molecular complexity index is 1100. The highest BCUT2D eigenvalue weighted by Crippen LogP contribution is 2.45. The monoisotopic (exact) mass is 402 g/mol. The zero-order valence-corrected chi connectivity index (χ0v) is 17.4. The average molecular weight is 402 g/mol. The number of hydrogen-bond acceptors (Lipinski definition) is 4. The maximum Gasteiger partial charge on any atom is 0.291 e. The minimum atomic E-state index is -0.584. The van der Waals surface area contributed by atoms with Crippen LogP contribution in [0.5, 0.6) is 0 Å². The molecule has 3 aliphatic rings. The quantitative estimate of drug-likeness (QED) is 0.787. The van der Waals surface area contributed by atoms with Crippen LogP contribution in [-0.2, 0) is 18.4 Å². The van der Waals surface area contributed by atoms with E-state index in [-0.39, 0.29) is 22.6 Å². The number of aromatic nitrogens is 2. The number of rotatable bonds is 4. The molecule has 2 heterocycles. The van der Waals surface area contributed by atoms with Crippen molar-refractivity contribution < 1.29 is 4.79 Å². The van der Waals surface area contributed by atoms with Crippen LogP contribution in [0.25, 0.3) is 0 Å². The highest BCUT2D eigenvalue weighted by molar-refractivity contribution is 5.95. The van der Waals surface area contributed by atoms with Gasteiger partial charge < -0.3 is 9.47 Å². The number of carbonyl (C=O) groups is 1. The minimum Gasteiger partial charge on any atom is -0.339 e. The number of nitriles is 1. The van der Waals surface area contributed by atoms with Crippen molar-refractivity contribution in [2.75, 3.05) is 13.6 Å². The fourth-order valence-electron chi connectivity index (χ4n) is 5.28. The third-order valence-electron chi connectivity index (χ3n) is 7.21. The summed E-state index contributed by atoms with van der Waals surface area (Å²) < 4.78 is 1.83. The van der Waals surface area contributed by atoms with Gasteiger partial charge in [0.1, 0.15) is 23.2 Å². The molecule has 2 aliphatic carbocycles. The van der Waals surface area contributed by atoms with Gasteiger partial charge in [0.15, 0.2) is 0 Å². The first-order chi connectivity index (χ1) is 14.5. The molecule has 1 aromatic carbocycles. The Morgan fingerprint density at radius 2 is 1.83 bits per heavy atom. The van der Waals surface area contributed by atoms with E-state index in [0.717, 1.165) is 31.6 Å². The maximum absolute atomic E-state index is 12.8. The lowest BCUT2D eigenvalue weighted by Crippen LogP contribution is -2.43. The van der Waals surface area contributed by atoms with Crippen molar-refractivity contribution in [2.45, 2.75) is 62.8 Å². The smallest absolute Gasteiger partial charge is 0.291 e. The molecule has 2 saturated carbocycles. The first kappa shape index (κ1) is 19.0. The van der Waals surface area contributed by atoms with E-state index >= 15 is 0 Å². The van der Waals surface area contributed by atoms with Crippen molar-refractivity contribution in [2.24, 2.45) is 0 Å². The molecule has 0 N–H and O–H groups in total. The molecule has 2 aromatic rings. The van der Waals surface area contributed by atoms with Gasteiger partial charge in [-0.2, -0.15) is 10.2 Å². The van der Waals surface area contributed by atoms with Crippen molar-refractivity contribution in [3.63, 3.8) is 0 Å². The SMILES string of the molecule is CN1CCn2c(CC3(c4ccc(C5CC5)cc4)CCCC3)nc(=O)c(C#N)c2C1=O. The van der Waals surface area contributed by atoms with E-state index in [4.69, 9.17) is 0 Å². The summed E-state index contributed by atoms with van der Waals surface area (Å²) in [5, 5.41) is 9.48. The maximum atomic E-state index is 12.8. The lowest BCUT2D eigenvalue weighted by Gasteiger charge is -2.33. The van der Waals surface area contributed by atoms with Gasteiger partial charge in [0.05, 0.1) is 0 Å². The molecule has 0 radical (unpaired) electrons. The van der Waals surface area contributed by atoms with Crippen molar-refractivity contribution in [3.8, 4) is 6.07 Å².